The van der Waals surface area contributed by atoms with Crippen molar-refractivity contribution in [3.63, 3.8) is 0 Å². The summed E-state index contributed by atoms with van der Waals surface area (Å²) >= 11 is 1.30. The van der Waals surface area contributed by atoms with Crippen LogP contribution in [0.15, 0.2) is 58.9 Å². The highest BCUT2D eigenvalue weighted by atomic mass is 32.1. The third-order valence-electron chi connectivity index (χ3n) is 4.30. The smallest absolute Gasteiger partial charge is 0.326 e. The number of rotatable bonds is 5. The van der Waals surface area contributed by atoms with Crippen LogP contribution < -0.4 is 10.1 Å². The minimum absolute atomic E-state index is 0.121. The number of hydrogen-bond acceptors (Lipinski definition) is 4. The highest BCUT2D eigenvalue weighted by molar-refractivity contribution is 7.07. The van der Waals surface area contributed by atoms with Gasteiger partial charge in [0.2, 0.25) is 5.91 Å². The van der Waals surface area contributed by atoms with Crippen LogP contribution in [0.4, 0.5) is 24.5 Å². The maximum absolute atomic E-state index is 12.7. The second kappa shape index (κ2) is 8.97. The van der Waals surface area contributed by atoms with E-state index in [1.807, 2.05) is 0 Å². The Morgan fingerprint density at radius 1 is 1.17 bits per heavy atom. The number of nitrogens with zero attached hydrogens (tertiary/aromatic N) is 3. The Bertz CT molecular complexity index is 1140. The Hall–Kier alpha value is -3.38. The van der Waals surface area contributed by atoms with Gasteiger partial charge in [-0.15, -0.1) is 11.3 Å². The molecule has 1 heterocycles. The molecule has 0 aliphatic rings. The number of benzene rings is 2. The molecule has 3 aromatic rings. The van der Waals surface area contributed by atoms with E-state index in [0.29, 0.717) is 22.6 Å². The maximum atomic E-state index is 12.7. The van der Waals surface area contributed by atoms with E-state index in [0.717, 1.165) is 23.4 Å². The fourth-order valence-corrected chi connectivity index (χ4v) is 3.58. The van der Waals surface area contributed by atoms with Crippen molar-refractivity contribution in [3.05, 3.63) is 75.5 Å². The molecule has 0 spiro atoms. The quantitative estimate of drug-likeness (QED) is 0.643. The van der Waals surface area contributed by atoms with Crippen molar-refractivity contribution in [1.82, 2.24) is 4.57 Å². The second-order valence-corrected chi connectivity index (χ2v) is 7.32. The van der Waals surface area contributed by atoms with Crippen LogP contribution in [-0.2, 0) is 30.9 Å². The van der Waals surface area contributed by atoms with Crippen LogP contribution in [0.25, 0.3) is 0 Å². The predicted molar refractivity (Wildman–Crippen MR) is 108 cm³/mol. The Morgan fingerprint density at radius 2 is 1.83 bits per heavy atom. The van der Waals surface area contributed by atoms with E-state index < -0.39 is 11.7 Å². The topological polar surface area (TPSA) is 70.2 Å². The summed E-state index contributed by atoms with van der Waals surface area (Å²) in [5, 5.41) is 13.3. The molecule has 0 unspecified atom stereocenters. The van der Waals surface area contributed by atoms with E-state index in [2.05, 4.69) is 16.4 Å². The van der Waals surface area contributed by atoms with Crippen molar-refractivity contribution in [3.8, 4) is 6.07 Å². The van der Waals surface area contributed by atoms with Gasteiger partial charge in [0.1, 0.15) is 0 Å². The fraction of sp³-hybridized carbons (Fsp3) is 0.190. The van der Waals surface area contributed by atoms with Gasteiger partial charge in [-0.05, 0) is 42.0 Å². The average molecular weight is 430 g/mol. The van der Waals surface area contributed by atoms with Crippen molar-refractivity contribution >= 4 is 28.6 Å². The van der Waals surface area contributed by atoms with Crippen LogP contribution in [0.5, 0.6) is 0 Å². The van der Waals surface area contributed by atoms with E-state index in [1.165, 1.54) is 23.5 Å². The van der Waals surface area contributed by atoms with Gasteiger partial charge in [0.05, 0.1) is 30.2 Å². The molecule has 1 aromatic heterocycles. The molecule has 154 valence electrons. The molecule has 0 atom stereocenters. The summed E-state index contributed by atoms with van der Waals surface area (Å²) in [6, 6.07) is 13.7. The van der Waals surface area contributed by atoms with Gasteiger partial charge >= 0.3 is 6.18 Å². The first kappa shape index (κ1) is 21.3. The van der Waals surface area contributed by atoms with E-state index in [4.69, 9.17) is 5.26 Å². The molecule has 0 bridgehead atoms. The first-order valence-corrected chi connectivity index (χ1v) is 9.75. The Labute approximate surface area is 174 Å². The summed E-state index contributed by atoms with van der Waals surface area (Å²) in [7, 11) is 1.75. The summed E-state index contributed by atoms with van der Waals surface area (Å²) in [5.74, 6) is -0.211. The molecule has 1 amide bonds. The Morgan fingerprint density at radius 3 is 2.43 bits per heavy atom. The van der Waals surface area contributed by atoms with E-state index in [9.17, 15) is 18.0 Å². The summed E-state index contributed by atoms with van der Waals surface area (Å²) in [5.41, 5.74) is 1.90. The first-order chi connectivity index (χ1) is 14.3. The number of anilines is 1. The number of nitrogens with one attached hydrogen (secondary N) is 1. The van der Waals surface area contributed by atoms with Crippen LogP contribution in [0.3, 0.4) is 0 Å². The van der Waals surface area contributed by atoms with Gasteiger partial charge in [0.25, 0.3) is 0 Å². The normalized spacial score (nSPS) is 11.9. The molecule has 1 N–H and O–H groups in total. The lowest BCUT2D eigenvalue weighted by Gasteiger charge is -2.07. The largest absolute Gasteiger partial charge is 0.416 e. The molecule has 30 heavy (non-hydrogen) atoms. The van der Waals surface area contributed by atoms with Crippen LogP contribution in [0.1, 0.15) is 16.8 Å². The lowest BCUT2D eigenvalue weighted by Crippen LogP contribution is -2.19. The number of hydrogen-bond donors (Lipinski definition) is 1. The predicted octanol–water partition coefficient (Wildman–Crippen LogP) is 4.59. The Balaban J connectivity index is 1.69. The zero-order valence-electron chi connectivity index (χ0n) is 15.9. The molecule has 0 saturated carbocycles. The highest BCUT2D eigenvalue weighted by Crippen LogP contribution is 2.30. The van der Waals surface area contributed by atoms with Gasteiger partial charge in [-0.3, -0.25) is 4.79 Å². The van der Waals surface area contributed by atoms with Crippen LogP contribution >= 0.6 is 11.3 Å². The summed E-state index contributed by atoms with van der Waals surface area (Å²) in [6.45, 7) is 0. The number of carbonyl (C=O) groups is 1. The molecule has 0 aliphatic heterocycles. The minimum atomic E-state index is -4.39. The van der Waals surface area contributed by atoms with Gasteiger partial charge in [0, 0.05) is 23.8 Å². The standard InChI is InChI=1S/C21H17F3N4OS/c1-28-18(12-19(29)26-16-6-2-14(3-7-16)10-11-25)13-30-20(28)27-17-8-4-15(5-9-17)21(22,23)24/h2-9,13H,10,12H2,1H3,(H,26,29). The third-order valence-corrected chi connectivity index (χ3v) is 5.27. The second-order valence-electron chi connectivity index (χ2n) is 6.48. The highest BCUT2D eigenvalue weighted by Gasteiger charge is 2.29. The molecule has 0 radical (unpaired) electrons. The Kier molecular flexibility index (Phi) is 6.37. The van der Waals surface area contributed by atoms with Gasteiger partial charge < -0.3 is 9.88 Å². The van der Waals surface area contributed by atoms with E-state index in [-0.39, 0.29) is 12.3 Å². The zero-order valence-corrected chi connectivity index (χ0v) is 16.7. The zero-order chi connectivity index (χ0) is 21.7. The van der Waals surface area contributed by atoms with E-state index >= 15 is 0 Å². The lowest BCUT2D eigenvalue weighted by molar-refractivity contribution is -0.137. The molecular formula is C21H17F3N4OS. The van der Waals surface area contributed by atoms with Crippen LogP contribution in [0, 0.1) is 11.3 Å². The number of aromatic nitrogens is 1. The van der Waals surface area contributed by atoms with Crippen molar-refractivity contribution in [2.45, 2.75) is 19.0 Å². The lowest BCUT2D eigenvalue weighted by atomic mass is 10.1. The summed E-state index contributed by atoms with van der Waals surface area (Å²) in [4.78, 5) is 17.3. The molecular weight excluding hydrogens is 413 g/mol. The number of thiazole rings is 1. The SMILES string of the molecule is Cn1c(CC(=O)Nc2ccc(CC#N)cc2)csc1=Nc1ccc(C(F)(F)F)cc1. The number of amides is 1. The maximum Gasteiger partial charge on any atom is 0.416 e. The van der Waals surface area contributed by atoms with Gasteiger partial charge in [0.15, 0.2) is 4.80 Å². The molecule has 0 aliphatic carbocycles. The van der Waals surface area contributed by atoms with Gasteiger partial charge in [-0.2, -0.15) is 18.4 Å². The van der Waals surface area contributed by atoms with Crippen molar-refractivity contribution < 1.29 is 18.0 Å². The van der Waals surface area contributed by atoms with E-state index in [1.54, 1.807) is 41.3 Å². The van der Waals surface area contributed by atoms with Crippen molar-refractivity contribution in [2.75, 3.05) is 5.32 Å². The average Bonchev–Trinajstić information content (AvgIpc) is 3.03. The fourth-order valence-electron chi connectivity index (χ4n) is 2.67. The molecule has 5 nitrogen and oxygen atoms in total. The van der Waals surface area contributed by atoms with Crippen molar-refractivity contribution in [1.29, 1.82) is 5.26 Å². The minimum Gasteiger partial charge on any atom is -0.326 e. The van der Waals surface area contributed by atoms with Crippen LogP contribution in [0.2, 0.25) is 0 Å². The number of alkyl halides is 3. The molecule has 0 fully saturated rings. The number of nitriles is 1. The molecule has 9 heteroatoms. The summed E-state index contributed by atoms with van der Waals surface area (Å²) in [6.07, 6.45) is -3.96. The van der Waals surface area contributed by atoms with Gasteiger partial charge in [-0.1, -0.05) is 12.1 Å². The number of halogens is 3. The molecule has 2 aromatic carbocycles. The van der Waals surface area contributed by atoms with Crippen LogP contribution in [-0.4, -0.2) is 10.5 Å². The third kappa shape index (κ3) is 5.36. The van der Waals surface area contributed by atoms with Crippen molar-refractivity contribution in [2.24, 2.45) is 12.0 Å². The summed E-state index contributed by atoms with van der Waals surface area (Å²) < 4.78 is 39.7. The number of carbonyl (C=O) groups excluding carboxylic acids is 1. The molecule has 3 rings (SSSR count). The monoisotopic (exact) mass is 430 g/mol. The molecule has 0 saturated heterocycles. The first-order valence-electron chi connectivity index (χ1n) is 8.87. The van der Waals surface area contributed by atoms with Gasteiger partial charge in [-0.25, -0.2) is 4.99 Å².